The maximum atomic E-state index is 13.7. The molecule has 1 aromatic rings. The normalized spacial score (nSPS) is 12.8. The van der Waals surface area contributed by atoms with Crippen LogP contribution in [0.2, 0.25) is 0 Å². The molecule has 3 nitrogen and oxygen atoms in total. The molecule has 0 aliphatic heterocycles. The van der Waals surface area contributed by atoms with Crippen LogP contribution >= 0.6 is 15.9 Å². The smallest absolute Gasteiger partial charge is 0.228 e. The van der Waals surface area contributed by atoms with Crippen LogP contribution in [0.5, 0.6) is 5.75 Å². The Labute approximate surface area is 120 Å². The minimum atomic E-state index is -0.445. The number of ether oxygens (including phenoxy) is 1. The molecule has 1 N–H and O–H groups in total. The van der Waals surface area contributed by atoms with Crippen LogP contribution in [0.15, 0.2) is 46.7 Å². The van der Waals surface area contributed by atoms with Crippen molar-refractivity contribution in [3.63, 3.8) is 0 Å². The molecule has 0 spiro atoms. The largest absolute Gasteiger partial charge is 0.454 e. The molecule has 0 fully saturated rings. The molecule has 0 heterocycles. The summed E-state index contributed by atoms with van der Waals surface area (Å²) in [6, 6.07) is 4.60. The van der Waals surface area contributed by atoms with Gasteiger partial charge in [0.25, 0.3) is 0 Å². The Bertz CT molecular complexity index is 538. The highest BCUT2D eigenvalue weighted by atomic mass is 79.9. The SMILES string of the molecule is C=C/C(Oc1ccc(Br)cc1F)=C(C)\C(C)=[NH+]\OC. The van der Waals surface area contributed by atoms with Crippen LogP contribution in [0.25, 0.3) is 0 Å². The van der Waals surface area contributed by atoms with Gasteiger partial charge in [-0.3, -0.25) is 4.84 Å². The van der Waals surface area contributed by atoms with Crippen LogP contribution in [0.1, 0.15) is 13.8 Å². The van der Waals surface area contributed by atoms with Gasteiger partial charge in [-0.25, -0.2) is 4.39 Å². The number of allylic oxidation sites excluding steroid dienone is 2. The zero-order chi connectivity index (χ0) is 14.4. The highest BCUT2D eigenvalue weighted by Crippen LogP contribution is 2.24. The average Bonchev–Trinajstić information content (AvgIpc) is 2.37. The van der Waals surface area contributed by atoms with Crippen molar-refractivity contribution in [2.45, 2.75) is 13.8 Å². The van der Waals surface area contributed by atoms with Crippen LogP contribution in [0.3, 0.4) is 0 Å². The molecule has 0 amide bonds. The van der Waals surface area contributed by atoms with Crippen molar-refractivity contribution < 1.29 is 19.1 Å². The van der Waals surface area contributed by atoms with Crippen molar-refractivity contribution in [1.82, 2.24) is 0 Å². The molecule has 0 bridgehead atoms. The van der Waals surface area contributed by atoms with Gasteiger partial charge < -0.3 is 4.74 Å². The van der Waals surface area contributed by atoms with E-state index in [0.717, 1.165) is 11.3 Å². The number of rotatable bonds is 5. The minimum absolute atomic E-state index is 0.141. The third-order valence-corrected chi connectivity index (χ3v) is 2.98. The number of benzene rings is 1. The molecule has 0 radical (unpaired) electrons. The monoisotopic (exact) mass is 328 g/mol. The van der Waals surface area contributed by atoms with Crippen molar-refractivity contribution in [1.29, 1.82) is 0 Å². The Morgan fingerprint density at radius 3 is 2.63 bits per heavy atom. The molecule has 0 saturated heterocycles. The maximum Gasteiger partial charge on any atom is 0.228 e. The quantitative estimate of drug-likeness (QED) is 0.390. The molecule has 102 valence electrons. The summed E-state index contributed by atoms with van der Waals surface area (Å²) < 4.78 is 19.9. The van der Waals surface area contributed by atoms with Crippen LogP contribution in [0.4, 0.5) is 4.39 Å². The Kier molecular flexibility index (Phi) is 5.76. The zero-order valence-corrected chi connectivity index (χ0v) is 12.7. The van der Waals surface area contributed by atoms with E-state index in [1.807, 2.05) is 13.8 Å². The first-order valence-electron chi connectivity index (χ1n) is 5.58. The summed E-state index contributed by atoms with van der Waals surface area (Å²) in [5.74, 6) is 0.157. The minimum Gasteiger partial charge on any atom is -0.454 e. The summed E-state index contributed by atoms with van der Waals surface area (Å²) in [6.45, 7) is 7.32. The Balaban J connectivity index is 3.09. The van der Waals surface area contributed by atoms with E-state index in [-0.39, 0.29) is 5.75 Å². The summed E-state index contributed by atoms with van der Waals surface area (Å²) in [5, 5.41) is 2.70. The van der Waals surface area contributed by atoms with Gasteiger partial charge in [0.05, 0.1) is 5.57 Å². The van der Waals surface area contributed by atoms with Crippen molar-refractivity contribution in [3.8, 4) is 5.75 Å². The molecule has 0 aromatic heterocycles. The molecule has 1 aromatic carbocycles. The van der Waals surface area contributed by atoms with E-state index in [0.29, 0.717) is 10.2 Å². The van der Waals surface area contributed by atoms with Crippen molar-refractivity contribution in [2.24, 2.45) is 0 Å². The molecule has 1 rings (SSSR count). The summed E-state index contributed by atoms with van der Waals surface area (Å²) in [4.78, 5) is 4.82. The summed E-state index contributed by atoms with van der Waals surface area (Å²) in [7, 11) is 1.51. The molecule has 0 aliphatic carbocycles. The van der Waals surface area contributed by atoms with E-state index in [2.05, 4.69) is 27.7 Å². The standard InChI is InChI=1S/C14H15BrFNO2/c1-5-13(9(2)10(3)17-18-4)19-14-7-6-11(15)8-12(14)16/h5-8H,1H2,2-4H3/p+1/b13-9+,17-10+. The first kappa shape index (κ1) is 15.4. The van der Waals surface area contributed by atoms with Crippen LogP contribution in [0, 0.1) is 5.82 Å². The van der Waals surface area contributed by atoms with Gasteiger partial charge in [0.15, 0.2) is 11.6 Å². The second-order valence-corrected chi connectivity index (χ2v) is 4.72. The molecule has 19 heavy (non-hydrogen) atoms. The second kappa shape index (κ2) is 7.09. The van der Waals surface area contributed by atoms with Crippen LogP contribution in [-0.4, -0.2) is 12.8 Å². The third kappa shape index (κ3) is 4.21. The molecule has 0 atom stereocenters. The Hall–Kier alpha value is -1.62. The molecular formula is C14H16BrFNO2+. The number of hydrogen-bond donors (Lipinski definition) is 1. The van der Waals surface area contributed by atoms with Gasteiger partial charge in [-0.05, 0) is 36.4 Å². The van der Waals surface area contributed by atoms with Gasteiger partial charge in [0.2, 0.25) is 5.71 Å². The second-order valence-electron chi connectivity index (χ2n) is 3.80. The van der Waals surface area contributed by atoms with Crippen molar-refractivity contribution >= 4 is 21.6 Å². The van der Waals surface area contributed by atoms with Crippen LogP contribution in [-0.2, 0) is 4.84 Å². The van der Waals surface area contributed by atoms with Crippen LogP contribution < -0.4 is 9.89 Å². The Morgan fingerprint density at radius 1 is 1.42 bits per heavy atom. The summed E-state index contributed by atoms with van der Waals surface area (Å²) in [5.41, 5.74) is 1.54. The van der Waals surface area contributed by atoms with E-state index in [9.17, 15) is 4.39 Å². The molecule has 0 saturated carbocycles. The first-order valence-corrected chi connectivity index (χ1v) is 6.38. The van der Waals surface area contributed by atoms with E-state index in [1.165, 1.54) is 19.3 Å². The molecule has 0 unspecified atom stereocenters. The van der Waals surface area contributed by atoms with E-state index >= 15 is 0 Å². The highest BCUT2D eigenvalue weighted by Gasteiger charge is 2.12. The van der Waals surface area contributed by atoms with Gasteiger partial charge in [0.1, 0.15) is 12.9 Å². The van der Waals surface area contributed by atoms with E-state index in [1.54, 1.807) is 12.1 Å². The zero-order valence-electron chi connectivity index (χ0n) is 11.1. The van der Waals surface area contributed by atoms with Gasteiger partial charge in [0, 0.05) is 11.4 Å². The fraction of sp³-hybridized carbons (Fsp3) is 0.214. The lowest BCUT2D eigenvalue weighted by atomic mass is 10.1. The average molecular weight is 329 g/mol. The lowest BCUT2D eigenvalue weighted by Gasteiger charge is -2.09. The number of nitrogens with one attached hydrogen (secondary N) is 1. The van der Waals surface area contributed by atoms with Gasteiger partial charge in [-0.1, -0.05) is 22.5 Å². The third-order valence-electron chi connectivity index (χ3n) is 2.49. The fourth-order valence-electron chi connectivity index (χ4n) is 1.36. The summed E-state index contributed by atoms with van der Waals surface area (Å²) >= 11 is 3.19. The van der Waals surface area contributed by atoms with Gasteiger partial charge >= 0.3 is 0 Å². The topological polar surface area (TPSA) is 32.4 Å². The predicted molar refractivity (Wildman–Crippen MR) is 76.3 cm³/mol. The first-order chi connectivity index (χ1) is 8.99. The molecule has 5 heteroatoms. The molecule has 0 aliphatic rings. The Morgan fingerprint density at radius 2 is 2.11 bits per heavy atom. The predicted octanol–water partition coefficient (Wildman–Crippen LogP) is 2.53. The maximum absolute atomic E-state index is 13.7. The van der Waals surface area contributed by atoms with Gasteiger partial charge in [-0.15, -0.1) is 0 Å². The van der Waals surface area contributed by atoms with E-state index < -0.39 is 5.82 Å². The van der Waals surface area contributed by atoms with Crippen molar-refractivity contribution in [3.05, 3.63) is 52.5 Å². The molecular weight excluding hydrogens is 313 g/mol. The summed E-state index contributed by atoms with van der Waals surface area (Å²) in [6.07, 6.45) is 1.53. The number of hydrogen-bond acceptors (Lipinski definition) is 2. The van der Waals surface area contributed by atoms with Gasteiger partial charge in [-0.2, -0.15) is 0 Å². The highest BCUT2D eigenvalue weighted by molar-refractivity contribution is 9.10. The van der Waals surface area contributed by atoms with Crippen molar-refractivity contribution in [2.75, 3.05) is 7.11 Å². The number of halogens is 2. The fourth-order valence-corrected chi connectivity index (χ4v) is 1.70. The van der Waals surface area contributed by atoms with E-state index in [4.69, 9.17) is 9.57 Å². The lowest BCUT2D eigenvalue weighted by molar-refractivity contribution is -0.744. The lowest BCUT2D eigenvalue weighted by Crippen LogP contribution is -2.70.